The van der Waals surface area contributed by atoms with Crippen LogP contribution in [0.2, 0.25) is 0 Å². The van der Waals surface area contributed by atoms with Crippen LogP contribution in [-0.2, 0) is 9.59 Å². The van der Waals surface area contributed by atoms with Gasteiger partial charge in [0.05, 0.1) is 0 Å². The Bertz CT molecular complexity index is 1550. The number of esters is 2. The Morgan fingerprint density at radius 2 is 0.976 bits per heavy atom. The average Bonchev–Trinajstić information content (AvgIpc) is 2.97. The second-order valence-corrected chi connectivity index (χ2v) is 9.25. The summed E-state index contributed by atoms with van der Waals surface area (Å²) < 4.78 is 36.4. The van der Waals surface area contributed by atoms with Crippen molar-refractivity contribution in [3.05, 3.63) is 121 Å². The van der Waals surface area contributed by atoms with E-state index in [1.165, 1.54) is 6.07 Å². The first-order valence-corrected chi connectivity index (χ1v) is 12.8. The second-order valence-electron chi connectivity index (χ2n) is 9.25. The fourth-order valence-electron chi connectivity index (χ4n) is 3.67. The van der Waals surface area contributed by atoms with Crippen molar-refractivity contribution >= 4 is 11.9 Å². The zero-order chi connectivity index (χ0) is 29.4. The van der Waals surface area contributed by atoms with Gasteiger partial charge >= 0.3 is 11.9 Å². The number of benzene rings is 4. The molecule has 0 amide bonds. The Kier molecular flexibility index (Phi) is 9.32. The van der Waals surface area contributed by atoms with E-state index in [-0.39, 0.29) is 19.0 Å². The molecular formula is C34H29FO6. The lowest BCUT2D eigenvalue weighted by Gasteiger charge is -2.11. The molecular weight excluding hydrogens is 523 g/mol. The normalized spacial score (nSPS) is 10.4. The van der Waals surface area contributed by atoms with Crippen LogP contribution in [0.4, 0.5) is 4.39 Å². The SMILES string of the molecule is C=C(C)C(=O)Oc1ccc(-c2ccc(OCCOc3ccc(-c4ccc(OC(=O)C(=C)C)cc4)cc3F)cc2)cc1. The van der Waals surface area contributed by atoms with Crippen molar-refractivity contribution in [2.45, 2.75) is 13.8 Å². The van der Waals surface area contributed by atoms with Crippen LogP contribution in [0.5, 0.6) is 23.0 Å². The summed E-state index contributed by atoms with van der Waals surface area (Å²) in [5.41, 5.74) is 3.99. The summed E-state index contributed by atoms with van der Waals surface area (Å²) in [6.45, 7) is 10.7. The smallest absolute Gasteiger partial charge is 0.338 e. The molecule has 0 saturated carbocycles. The van der Waals surface area contributed by atoms with Gasteiger partial charge in [0, 0.05) is 11.1 Å². The third-order valence-corrected chi connectivity index (χ3v) is 5.89. The predicted molar refractivity (Wildman–Crippen MR) is 156 cm³/mol. The molecule has 0 bridgehead atoms. The molecule has 0 aliphatic heterocycles. The summed E-state index contributed by atoms with van der Waals surface area (Å²) >= 11 is 0. The third-order valence-electron chi connectivity index (χ3n) is 5.89. The van der Waals surface area contributed by atoms with Crippen LogP contribution in [0.3, 0.4) is 0 Å². The van der Waals surface area contributed by atoms with Gasteiger partial charge in [-0.15, -0.1) is 0 Å². The number of ether oxygens (including phenoxy) is 4. The van der Waals surface area contributed by atoms with Gasteiger partial charge in [0.15, 0.2) is 11.6 Å². The molecule has 0 aromatic heterocycles. The summed E-state index contributed by atoms with van der Waals surface area (Å²) in [4.78, 5) is 23.3. The first-order valence-electron chi connectivity index (χ1n) is 12.8. The lowest BCUT2D eigenvalue weighted by atomic mass is 10.1. The number of carbonyl (C=O) groups is 2. The van der Waals surface area contributed by atoms with Gasteiger partial charge in [-0.2, -0.15) is 0 Å². The quantitative estimate of drug-likeness (QED) is 0.0827. The molecule has 7 heteroatoms. The van der Waals surface area contributed by atoms with Crippen LogP contribution >= 0.6 is 0 Å². The largest absolute Gasteiger partial charge is 0.490 e. The van der Waals surface area contributed by atoms with E-state index in [0.717, 1.165) is 16.7 Å². The van der Waals surface area contributed by atoms with Crippen molar-refractivity contribution in [1.82, 2.24) is 0 Å². The highest BCUT2D eigenvalue weighted by Gasteiger charge is 2.10. The summed E-state index contributed by atoms with van der Waals surface area (Å²) in [7, 11) is 0. The molecule has 4 rings (SSSR count). The summed E-state index contributed by atoms with van der Waals surface area (Å²) in [5.74, 6) is 0.146. The van der Waals surface area contributed by atoms with Crippen molar-refractivity contribution in [3.8, 4) is 45.3 Å². The zero-order valence-corrected chi connectivity index (χ0v) is 22.8. The molecule has 0 aliphatic rings. The Balaban J connectivity index is 1.26. The van der Waals surface area contributed by atoms with Crippen LogP contribution in [0, 0.1) is 5.82 Å². The van der Waals surface area contributed by atoms with Crippen molar-refractivity contribution in [3.63, 3.8) is 0 Å². The maximum atomic E-state index is 14.7. The molecule has 0 N–H and O–H groups in total. The second kappa shape index (κ2) is 13.3. The van der Waals surface area contributed by atoms with E-state index in [0.29, 0.717) is 34.0 Å². The minimum Gasteiger partial charge on any atom is -0.490 e. The molecule has 208 valence electrons. The van der Waals surface area contributed by atoms with Crippen molar-refractivity contribution in [1.29, 1.82) is 0 Å². The predicted octanol–water partition coefficient (Wildman–Crippen LogP) is 7.58. The lowest BCUT2D eigenvalue weighted by molar-refractivity contribution is -0.130. The zero-order valence-electron chi connectivity index (χ0n) is 22.8. The topological polar surface area (TPSA) is 71.1 Å². The number of hydrogen-bond acceptors (Lipinski definition) is 6. The van der Waals surface area contributed by atoms with Gasteiger partial charge in [0.1, 0.15) is 30.5 Å². The number of hydrogen-bond donors (Lipinski definition) is 0. The van der Waals surface area contributed by atoms with Crippen molar-refractivity contribution in [2.24, 2.45) is 0 Å². The van der Waals surface area contributed by atoms with E-state index in [4.69, 9.17) is 18.9 Å². The molecule has 0 radical (unpaired) electrons. The van der Waals surface area contributed by atoms with E-state index in [9.17, 15) is 14.0 Å². The van der Waals surface area contributed by atoms with Gasteiger partial charge in [0.2, 0.25) is 0 Å². The molecule has 41 heavy (non-hydrogen) atoms. The minimum atomic E-state index is -0.501. The van der Waals surface area contributed by atoms with E-state index in [2.05, 4.69) is 13.2 Å². The Morgan fingerprint density at radius 3 is 1.41 bits per heavy atom. The van der Waals surface area contributed by atoms with Gasteiger partial charge in [-0.05, 0) is 84.6 Å². The Labute approximate surface area is 238 Å². The van der Waals surface area contributed by atoms with Crippen LogP contribution in [-0.4, -0.2) is 25.2 Å². The maximum Gasteiger partial charge on any atom is 0.338 e. The molecule has 0 aliphatic carbocycles. The van der Waals surface area contributed by atoms with Gasteiger partial charge in [-0.25, -0.2) is 14.0 Å². The standard InChI is InChI=1S/C34H29FO6/c1-22(2)33(36)40-29-14-7-25(8-15-29)24-5-12-28(13-6-24)38-19-20-39-32-18-11-27(21-31(32)35)26-9-16-30(17-10-26)41-34(37)23(3)4/h5-18,21H,1,3,19-20H2,2,4H3. The number of carbonyl (C=O) groups excluding carboxylic acids is 2. The van der Waals surface area contributed by atoms with E-state index >= 15 is 0 Å². The lowest BCUT2D eigenvalue weighted by Crippen LogP contribution is -2.09. The van der Waals surface area contributed by atoms with Gasteiger partial charge in [0.25, 0.3) is 0 Å². The molecule has 0 fully saturated rings. The molecule has 6 nitrogen and oxygen atoms in total. The van der Waals surface area contributed by atoms with E-state index in [1.54, 1.807) is 62.4 Å². The highest BCUT2D eigenvalue weighted by atomic mass is 19.1. The molecule has 0 spiro atoms. The summed E-state index contributed by atoms with van der Waals surface area (Å²) in [6, 6.07) is 26.2. The fourth-order valence-corrected chi connectivity index (χ4v) is 3.67. The number of rotatable bonds is 11. The van der Waals surface area contributed by atoms with Crippen LogP contribution in [0.1, 0.15) is 13.8 Å². The molecule has 0 saturated heterocycles. The molecule has 4 aromatic carbocycles. The van der Waals surface area contributed by atoms with Crippen molar-refractivity contribution in [2.75, 3.05) is 13.2 Å². The Morgan fingerprint density at radius 1 is 0.585 bits per heavy atom. The monoisotopic (exact) mass is 552 g/mol. The van der Waals surface area contributed by atoms with Crippen LogP contribution < -0.4 is 18.9 Å². The average molecular weight is 553 g/mol. The molecule has 0 atom stereocenters. The van der Waals surface area contributed by atoms with Gasteiger partial charge < -0.3 is 18.9 Å². The van der Waals surface area contributed by atoms with E-state index < -0.39 is 17.8 Å². The highest BCUT2D eigenvalue weighted by Crippen LogP contribution is 2.28. The maximum absolute atomic E-state index is 14.7. The minimum absolute atomic E-state index is 0.122. The summed E-state index contributed by atoms with van der Waals surface area (Å²) in [5, 5.41) is 0. The summed E-state index contributed by atoms with van der Waals surface area (Å²) in [6.07, 6.45) is 0. The Hall–Kier alpha value is -5.17. The first-order chi connectivity index (χ1) is 19.7. The molecule has 0 unspecified atom stereocenters. The number of halogens is 1. The van der Waals surface area contributed by atoms with Crippen LogP contribution in [0.15, 0.2) is 115 Å². The van der Waals surface area contributed by atoms with Gasteiger partial charge in [-0.1, -0.05) is 55.6 Å². The van der Waals surface area contributed by atoms with E-state index in [1.807, 2.05) is 36.4 Å². The first kappa shape index (κ1) is 28.8. The van der Waals surface area contributed by atoms with Crippen molar-refractivity contribution < 1.29 is 32.9 Å². The van der Waals surface area contributed by atoms with Crippen LogP contribution in [0.25, 0.3) is 22.3 Å². The molecule has 4 aromatic rings. The van der Waals surface area contributed by atoms with Gasteiger partial charge in [-0.3, -0.25) is 0 Å². The molecule has 0 heterocycles. The third kappa shape index (κ3) is 7.92. The fraction of sp³-hybridized carbons (Fsp3) is 0.118. The highest BCUT2D eigenvalue weighted by molar-refractivity contribution is 5.89.